The topological polar surface area (TPSA) is 107 Å². The van der Waals surface area contributed by atoms with E-state index in [4.69, 9.17) is 5.73 Å². The Balaban J connectivity index is 1.83. The van der Waals surface area contributed by atoms with Gasteiger partial charge in [-0.15, -0.1) is 0 Å². The number of carbonyl (C=O) groups excluding carboxylic acids is 1. The van der Waals surface area contributed by atoms with Crippen LogP contribution in [-0.2, 0) is 5.54 Å². The predicted molar refractivity (Wildman–Crippen MR) is 94.6 cm³/mol. The van der Waals surface area contributed by atoms with Crippen LogP contribution in [0.25, 0.3) is 11.1 Å². The van der Waals surface area contributed by atoms with Crippen molar-refractivity contribution < 1.29 is 9.18 Å². The summed E-state index contributed by atoms with van der Waals surface area (Å²) >= 11 is 0. The third-order valence-corrected chi connectivity index (χ3v) is 3.77. The number of nitrogens with one attached hydrogen (secondary N) is 1. The minimum atomic E-state index is -0.803. The van der Waals surface area contributed by atoms with Crippen molar-refractivity contribution >= 4 is 11.9 Å². The number of primary amides is 1. The van der Waals surface area contributed by atoms with Gasteiger partial charge in [0.2, 0.25) is 5.95 Å². The van der Waals surface area contributed by atoms with Gasteiger partial charge in [-0.2, -0.15) is 0 Å². The van der Waals surface area contributed by atoms with Gasteiger partial charge in [-0.05, 0) is 43.7 Å². The number of halogens is 1. The Morgan fingerprint density at radius 2 is 1.81 bits per heavy atom. The van der Waals surface area contributed by atoms with Gasteiger partial charge in [0.15, 0.2) is 0 Å². The summed E-state index contributed by atoms with van der Waals surface area (Å²) < 4.78 is 14.0. The fourth-order valence-corrected chi connectivity index (χ4v) is 2.47. The summed E-state index contributed by atoms with van der Waals surface area (Å²) in [6.07, 6.45) is 6.22. The fourth-order valence-electron chi connectivity index (χ4n) is 2.47. The Labute approximate surface area is 149 Å². The molecule has 0 radical (unpaired) electrons. The van der Waals surface area contributed by atoms with E-state index < -0.39 is 17.3 Å². The number of carbonyl (C=O) groups is 1. The minimum Gasteiger partial charge on any atom is -0.364 e. The molecule has 26 heavy (non-hydrogen) atoms. The fraction of sp³-hybridized carbons (Fsp3) is 0.167. The predicted octanol–water partition coefficient (Wildman–Crippen LogP) is 2.52. The van der Waals surface area contributed by atoms with Gasteiger partial charge in [-0.25, -0.2) is 14.4 Å². The SMILES string of the molecule is CC(C)(Nc1ncc(-c2ccnc(C(N)=O)c2)cn1)c1ncccc1F. The lowest BCUT2D eigenvalue weighted by molar-refractivity contribution is 0.0995. The summed E-state index contributed by atoms with van der Waals surface area (Å²) in [5.41, 5.74) is 6.29. The van der Waals surface area contributed by atoms with Crippen LogP contribution in [0.4, 0.5) is 10.3 Å². The molecule has 3 aromatic heterocycles. The van der Waals surface area contributed by atoms with E-state index in [1.165, 1.54) is 24.5 Å². The molecule has 0 bridgehead atoms. The number of rotatable bonds is 5. The minimum absolute atomic E-state index is 0.163. The lowest BCUT2D eigenvalue weighted by Crippen LogP contribution is -2.31. The lowest BCUT2D eigenvalue weighted by Gasteiger charge is -2.25. The number of anilines is 1. The van der Waals surface area contributed by atoms with Crippen LogP contribution in [0.5, 0.6) is 0 Å². The molecule has 3 heterocycles. The standard InChI is InChI=1S/C18H17FN6O/c1-18(2,15-13(19)4-3-6-22-15)25-17-23-9-12(10-24-17)11-5-7-21-14(8-11)16(20)26/h3-10H,1-2H3,(H2,20,26)(H,23,24,25). The third kappa shape index (κ3) is 3.64. The normalized spacial score (nSPS) is 11.2. The van der Waals surface area contributed by atoms with Crippen molar-refractivity contribution in [3.63, 3.8) is 0 Å². The molecule has 0 aromatic carbocycles. The number of hydrogen-bond donors (Lipinski definition) is 2. The molecule has 0 spiro atoms. The van der Waals surface area contributed by atoms with E-state index in [1.807, 2.05) is 0 Å². The molecule has 0 aliphatic rings. The highest BCUT2D eigenvalue weighted by Gasteiger charge is 2.26. The highest BCUT2D eigenvalue weighted by molar-refractivity contribution is 5.91. The van der Waals surface area contributed by atoms with Crippen molar-refractivity contribution in [1.29, 1.82) is 0 Å². The first-order chi connectivity index (χ1) is 12.4. The maximum atomic E-state index is 14.0. The van der Waals surface area contributed by atoms with E-state index >= 15 is 0 Å². The van der Waals surface area contributed by atoms with Crippen molar-refractivity contribution in [3.05, 3.63) is 66.3 Å². The zero-order valence-electron chi connectivity index (χ0n) is 14.3. The first-order valence-electron chi connectivity index (χ1n) is 7.84. The molecule has 1 amide bonds. The number of nitrogens with two attached hydrogens (primary N) is 1. The van der Waals surface area contributed by atoms with E-state index in [9.17, 15) is 9.18 Å². The van der Waals surface area contributed by atoms with E-state index in [2.05, 4.69) is 25.3 Å². The second kappa shape index (κ2) is 6.83. The first-order valence-corrected chi connectivity index (χ1v) is 7.84. The van der Waals surface area contributed by atoms with Crippen molar-refractivity contribution in [3.8, 4) is 11.1 Å². The lowest BCUT2D eigenvalue weighted by atomic mass is 9.99. The Kier molecular flexibility index (Phi) is 4.57. The summed E-state index contributed by atoms with van der Waals surface area (Å²) in [5.74, 6) is -0.685. The van der Waals surface area contributed by atoms with Crippen LogP contribution in [0.1, 0.15) is 30.0 Å². The highest BCUT2D eigenvalue weighted by atomic mass is 19.1. The van der Waals surface area contributed by atoms with E-state index in [0.29, 0.717) is 11.5 Å². The molecule has 0 fully saturated rings. The zero-order valence-corrected chi connectivity index (χ0v) is 14.3. The largest absolute Gasteiger partial charge is 0.364 e. The van der Waals surface area contributed by atoms with E-state index in [-0.39, 0.29) is 11.4 Å². The number of hydrogen-bond acceptors (Lipinski definition) is 6. The van der Waals surface area contributed by atoms with E-state index in [1.54, 1.807) is 38.4 Å². The third-order valence-electron chi connectivity index (χ3n) is 3.77. The molecule has 3 rings (SSSR count). The van der Waals surface area contributed by atoms with Gasteiger partial charge in [0.05, 0.1) is 5.54 Å². The van der Waals surface area contributed by atoms with Crippen molar-refractivity contribution in [2.45, 2.75) is 19.4 Å². The number of aromatic nitrogens is 4. The van der Waals surface area contributed by atoms with Crippen LogP contribution in [0.2, 0.25) is 0 Å². The molecular formula is C18H17FN6O. The maximum absolute atomic E-state index is 14.0. The van der Waals surface area contributed by atoms with Crippen LogP contribution < -0.4 is 11.1 Å². The molecule has 3 aromatic rings. The van der Waals surface area contributed by atoms with Gasteiger partial charge in [0.25, 0.3) is 5.91 Å². The summed E-state index contributed by atoms with van der Waals surface area (Å²) in [6, 6.07) is 6.19. The van der Waals surface area contributed by atoms with Crippen LogP contribution in [0.3, 0.4) is 0 Å². The number of amides is 1. The Bertz CT molecular complexity index is 942. The van der Waals surface area contributed by atoms with Crippen molar-refractivity contribution in [2.24, 2.45) is 5.73 Å². The molecule has 0 aliphatic heterocycles. The molecule has 0 saturated carbocycles. The van der Waals surface area contributed by atoms with Crippen LogP contribution in [-0.4, -0.2) is 25.8 Å². The second-order valence-electron chi connectivity index (χ2n) is 6.17. The number of nitrogens with zero attached hydrogens (tertiary/aromatic N) is 4. The van der Waals surface area contributed by atoms with Gasteiger partial charge < -0.3 is 11.1 Å². The molecule has 8 heteroatoms. The maximum Gasteiger partial charge on any atom is 0.267 e. The van der Waals surface area contributed by atoms with Crippen LogP contribution in [0, 0.1) is 5.82 Å². The van der Waals surface area contributed by atoms with Crippen LogP contribution in [0.15, 0.2) is 49.1 Å². The van der Waals surface area contributed by atoms with E-state index in [0.717, 1.165) is 5.56 Å². The van der Waals surface area contributed by atoms with Gasteiger partial charge in [-0.1, -0.05) is 0 Å². The molecule has 132 valence electrons. The van der Waals surface area contributed by atoms with Gasteiger partial charge in [0.1, 0.15) is 17.2 Å². The van der Waals surface area contributed by atoms with Crippen molar-refractivity contribution in [2.75, 3.05) is 5.32 Å². The molecule has 0 unspecified atom stereocenters. The van der Waals surface area contributed by atoms with Gasteiger partial charge in [-0.3, -0.25) is 14.8 Å². The Hall–Kier alpha value is -3.42. The van der Waals surface area contributed by atoms with Gasteiger partial charge in [0, 0.05) is 30.4 Å². The molecule has 0 aliphatic carbocycles. The second-order valence-corrected chi connectivity index (χ2v) is 6.17. The molecule has 7 nitrogen and oxygen atoms in total. The van der Waals surface area contributed by atoms with Crippen molar-refractivity contribution in [1.82, 2.24) is 19.9 Å². The molecule has 0 atom stereocenters. The smallest absolute Gasteiger partial charge is 0.267 e. The Morgan fingerprint density at radius 3 is 2.46 bits per heavy atom. The molecule has 3 N–H and O–H groups in total. The summed E-state index contributed by atoms with van der Waals surface area (Å²) in [5, 5.41) is 3.07. The quantitative estimate of drug-likeness (QED) is 0.731. The highest BCUT2D eigenvalue weighted by Crippen LogP contribution is 2.25. The average molecular weight is 352 g/mol. The Morgan fingerprint density at radius 1 is 1.08 bits per heavy atom. The first kappa shape index (κ1) is 17.4. The summed E-state index contributed by atoms with van der Waals surface area (Å²) in [4.78, 5) is 27.8. The zero-order chi connectivity index (χ0) is 18.7. The average Bonchev–Trinajstić information content (AvgIpc) is 2.62. The van der Waals surface area contributed by atoms with Crippen LogP contribution >= 0.6 is 0 Å². The monoisotopic (exact) mass is 352 g/mol. The summed E-state index contributed by atoms with van der Waals surface area (Å²) in [6.45, 7) is 3.58. The molecule has 0 saturated heterocycles. The number of pyridine rings is 2. The summed E-state index contributed by atoms with van der Waals surface area (Å²) in [7, 11) is 0. The molecular weight excluding hydrogens is 335 g/mol. The van der Waals surface area contributed by atoms with Gasteiger partial charge >= 0.3 is 0 Å².